The zero-order valence-electron chi connectivity index (χ0n) is 24.0. The number of ether oxygens (including phenoxy) is 2. The van der Waals surface area contributed by atoms with Crippen LogP contribution in [-0.2, 0) is 13.6 Å². The van der Waals surface area contributed by atoms with E-state index in [2.05, 4.69) is 18.2 Å². The summed E-state index contributed by atoms with van der Waals surface area (Å²) in [5.74, 6) is 1.89. The quantitative estimate of drug-likeness (QED) is 0.284. The number of piperidine rings is 1. The smallest absolute Gasteiger partial charge is 0.410 e. The van der Waals surface area contributed by atoms with E-state index in [0.717, 1.165) is 42.0 Å². The molecule has 1 N–H and O–H groups in total. The Morgan fingerprint density at radius 2 is 1.63 bits per heavy atom. The first-order chi connectivity index (χ1) is 19.8. The Morgan fingerprint density at radius 1 is 0.976 bits per heavy atom. The van der Waals surface area contributed by atoms with Gasteiger partial charge in [-0.2, -0.15) is 0 Å². The molecule has 8 heteroatoms. The zero-order chi connectivity index (χ0) is 28.9. The summed E-state index contributed by atoms with van der Waals surface area (Å²) in [5, 5.41) is 11.4. The number of hydrogen-bond acceptors (Lipinski definition) is 7. The second-order valence-corrected chi connectivity index (χ2v) is 14.6. The van der Waals surface area contributed by atoms with Crippen LogP contribution in [0.5, 0.6) is 0 Å². The maximum absolute atomic E-state index is 13.7. The Morgan fingerprint density at radius 3 is 2.27 bits per heavy atom. The largest absolute Gasteiger partial charge is 0.444 e. The van der Waals surface area contributed by atoms with Crippen LogP contribution >= 0.6 is 23.5 Å². The fraction of sp³-hybridized carbons (Fsp3) is 0.455. The molecular weight excluding hydrogens is 553 g/mol. The number of amides is 1. The lowest BCUT2D eigenvalue weighted by Gasteiger charge is -2.49. The average molecular weight is 593 g/mol. The van der Waals surface area contributed by atoms with Crippen molar-refractivity contribution in [3.8, 4) is 0 Å². The Balaban J connectivity index is 1.54. The molecule has 41 heavy (non-hydrogen) atoms. The molecular formula is C33H40N2O4S2. The Labute approximate surface area is 252 Å². The number of benzene rings is 2. The topological polar surface area (TPSA) is 71.9 Å². The third-order valence-corrected chi connectivity index (χ3v) is 11.0. The van der Waals surface area contributed by atoms with Crippen LogP contribution in [0.4, 0.5) is 4.79 Å². The molecule has 218 valence electrons. The molecule has 2 fully saturated rings. The van der Waals surface area contributed by atoms with Crippen molar-refractivity contribution >= 4 is 29.6 Å². The minimum Gasteiger partial charge on any atom is -0.444 e. The van der Waals surface area contributed by atoms with Crippen LogP contribution < -0.4 is 0 Å². The summed E-state index contributed by atoms with van der Waals surface area (Å²) in [7, 11) is 0. The molecule has 0 radical (unpaired) electrons. The van der Waals surface area contributed by atoms with Gasteiger partial charge in [-0.3, -0.25) is 4.98 Å². The summed E-state index contributed by atoms with van der Waals surface area (Å²) in [6.45, 7) is 6.16. The molecule has 2 aromatic carbocycles. The first kappa shape index (κ1) is 30.0. The highest BCUT2D eigenvalue weighted by atomic mass is 32.2. The molecule has 2 saturated heterocycles. The fourth-order valence-corrected chi connectivity index (χ4v) is 9.27. The van der Waals surface area contributed by atoms with Crippen LogP contribution in [-0.4, -0.2) is 50.8 Å². The molecule has 3 aromatic rings. The van der Waals surface area contributed by atoms with Gasteiger partial charge in [0.2, 0.25) is 0 Å². The van der Waals surface area contributed by atoms with Crippen LogP contribution in [0.3, 0.4) is 0 Å². The number of carbonyl (C=O) groups is 1. The summed E-state index contributed by atoms with van der Waals surface area (Å²) in [6, 6.07) is 25.6. The molecule has 3 heterocycles. The number of aliphatic hydroxyl groups excluding tert-OH is 1. The highest BCUT2D eigenvalue weighted by Gasteiger charge is 2.51. The highest BCUT2D eigenvalue weighted by molar-refractivity contribution is 8.18. The Bertz CT molecular complexity index is 1250. The van der Waals surface area contributed by atoms with Gasteiger partial charge in [0.25, 0.3) is 0 Å². The number of rotatable bonds is 7. The molecule has 2 aliphatic heterocycles. The molecule has 6 nitrogen and oxygen atoms in total. The number of carbonyl (C=O) groups excluding carboxylic acids is 1. The monoisotopic (exact) mass is 592 g/mol. The van der Waals surface area contributed by atoms with E-state index in [-0.39, 0.29) is 18.1 Å². The van der Waals surface area contributed by atoms with Crippen molar-refractivity contribution in [3.63, 3.8) is 0 Å². The van der Waals surface area contributed by atoms with Crippen LogP contribution in [0.1, 0.15) is 69.2 Å². The Kier molecular flexibility index (Phi) is 9.64. The molecule has 4 atom stereocenters. The third kappa shape index (κ3) is 7.11. The summed E-state index contributed by atoms with van der Waals surface area (Å²) in [5.41, 5.74) is 2.13. The van der Waals surface area contributed by atoms with Crippen LogP contribution in [0.25, 0.3) is 0 Å². The first-order valence-electron chi connectivity index (χ1n) is 14.4. The van der Waals surface area contributed by atoms with Gasteiger partial charge < -0.3 is 19.5 Å². The van der Waals surface area contributed by atoms with Crippen LogP contribution in [0, 0.1) is 5.92 Å². The molecule has 0 bridgehead atoms. The standard InChI is InChI=1S/C33H40N2O4S2/c1-32(2,3)39-31(37)35-23-26(18-19-27(35)24-13-6-4-7-14-24)29(38-30(36)25-15-8-5-9-16-25)33(40-21-12-22-41-33)28-17-10-11-20-34-28/h4-11,13-17,20,26-27,29-30,36H,12,18-19,21-23H2,1-3H3. The Hall–Kier alpha value is -2.52. The third-order valence-electron chi connectivity index (χ3n) is 7.54. The first-order valence-corrected chi connectivity index (χ1v) is 16.4. The van der Waals surface area contributed by atoms with Crippen molar-refractivity contribution in [1.29, 1.82) is 0 Å². The average Bonchev–Trinajstić information content (AvgIpc) is 3.00. The summed E-state index contributed by atoms with van der Waals surface area (Å²) >= 11 is 3.70. The van der Waals surface area contributed by atoms with E-state index in [1.165, 1.54) is 0 Å². The van der Waals surface area contributed by atoms with Gasteiger partial charge in [-0.1, -0.05) is 66.7 Å². The van der Waals surface area contributed by atoms with Crippen LogP contribution in [0.2, 0.25) is 0 Å². The predicted octanol–water partition coefficient (Wildman–Crippen LogP) is 7.57. The molecule has 5 rings (SSSR count). The maximum Gasteiger partial charge on any atom is 0.410 e. The minimum absolute atomic E-state index is 0.0547. The van der Waals surface area contributed by atoms with E-state index in [1.807, 2.05) is 116 Å². The van der Waals surface area contributed by atoms with E-state index in [9.17, 15) is 9.90 Å². The number of pyridine rings is 1. The lowest BCUT2D eigenvalue weighted by Crippen LogP contribution is -2.52. The minimum atomic E-state index is -1.10. The number of likely N-dealkylation sites (tertiary alicyclic amines) is 1. The van der Waals surface area contributed by atoms with Gasteiger partial charge in [-0.05, 0) is 69.2 Å². The second-order valence-electron chi connectivity index (χ2n) is 11.6. The molecule has 0 spiro atoms. The molecule has 2 aliphatic rings. The molecule has 4 unspecified atom stereocenters. The second kappa shape index (κ2) is 13.2. The van der Waals surface area contributed by atoms with Crippen molar-refractivity contribution in [3.05, 3.63) is 102 Å². The van der Waals surface area contributed by atoms with Crippen LogP contribution in [0.15, 0.2) is 85.1 Å². The SMILES string of the molecule is CC(C)(C)OC(=O)N1CC(C(OC(O)c2ccccc2)C2(c3ccccn3)SCCCS2)CCC1c1ccccc1. The highest BCUT2D eigenvalue weighted by Crippen LogP contribution is 2.56. The van der Waals surface area contributed by atoms with Gasteiger partial charge in [0, 0.05) is 24.2 Å². The van der Waals surface area contributed by atoms with Crippen molar-refractivity contribution in [2.45, 2.75) is 68.1 Å². The van der Waals surface area contributed by atoms with E-state index in [4.69, 9.17) is 14.5 Å². The van der Waals surface area contributed by atoms with E-state index in [0.29, 0.717) is 12.1 Å². The fourth-order valence-electron chi connectivity index (χ4n) is 5.71. The van der Waals surface area contributed by atoms with E-state index >= 15 is 0 Å². The van der Waals surface area contributed by atoms with Gasteiger partial charge in [0.15, 0.2) is 6.29 Å². The van der Waals surface area contributed by atoms with Crippen molar-refractivity contribution in [1.82, 2.24) is 9.88 Å². The molecule has 1 aromatic heterocycles. The molecule has 0 aliphatic carbocycles. The van der Waals surface area contributed by atoms with Crippen molar-refractivity contribution < 1.29 is 19.4 Å². The summed E-state index contributed by atoms with van der Waals surface area (Å²) in [6.07, 6.45) is 2.69. The van der Waals surface area contributed by atoms with Gasteiger partial charge in [-0.25, -0.2) is 4.79 Å². The zero-order valence-corrected chi connectivity index (χ0v) is 25.7. The lowest BCUT2D eigenvalue weighted by atomic mass is 9.84. The maximum atomic E-state index is 13.7. The van der Waals surface area contributed by atoms with Gasteiger partial charge >= 0.3 is 6.09 Å². The van der Waals surface area contributed by atoms with Gasteiger partial charge in [-0.15, -0.1) is 23.5 Å². The predicted molar refractivity (Wildman–Crippen MR) is 167 cm³/mol. The van der Waals surface area contributed by atoms with E-state index < -0.39 is 22.1 Å². The van der Waals surface area contributed by atoms with Crippen molar-refractivity contribution in [2.75, 3.05) is 18.1 Å². The van der Waals surface area contributed by atoms with Gasteiger partial charge in [0.1, 0.15) is 9.68 Å². The number of nitrogens with zero attached hydrogens (tertiary/aromatic N) is 2. The number of aromatic nitrogens is 1. The number of aliphatic hydroxyl groups is 1. The lowest BCUT2D eigenvalue weighted by molar-refractivity contribution is -0.166. The number of thioether (sulfide) groups is 2. The summed E-state index contributed by atoms with van der Waals surface area (Å²) in [4.78, 5) is 20.4. The molecule has 0 saturated carbocycles. The van der Waals surface area contributed by atoms with Crippen molar-refractivity contribution in [2.24, 2.45) is 5.92 Å². The van der Waals surface area contributed by atoms with Gasteiger partial charge in [0.05, 0.1) is 17.8 Å². The van der Waals surface area contributed by atoms with E-state index in [1.54, 1.807) is 0 Å². The normalized spacial score (nSPS) is 22.5. The molecule has 1 amide bonds. The number of hydrogen-bond donors (Lipinski definition) is 1. The summed E-state index contributed by atoms with van der Waals surface area (Å²) < 4.78 is 12.1.